The highest BCUT2D eigenvalue weighted by atomic mass is 16.5. The summed E-state index contributed by atoms with van der Waals surface area (Å²) >= 11 is 0. The number of amides is 2. The Bertz CT molecular complexity index is 1310. The van der Waals surface area contributed by atoms with Crippen LogP contribution in [0.1, 0.15) is 46.0 Å². The highest BCUT2D eigenvalue weighted by Gasteiger charge is 2.34. The summed E-state index contributed by atoms with van der Waals surface area (Å²) in [5.74, 6) is 5.45. The zero-order valence-electron chi connectivity index (χ0n) is 21.0. The summed E-state index contributed by atoms with van der Waals surface area (Å²) in [6.07, 6.45) is 4.32. The van der Waals surface area contributed by atoms with Crippen molar-refractivity contribution in [2.24, 2.45) is 5.92 Å². The minimum atomic E-state index is -0.462. The van der Waals surface area contributed by atoms with E-state index in [4.69, 9.17) is 4.74 Å². The molecule has 0 spiro atoms. The van der Waals surface area contributed by atoms with Gasteiger partial charge in [0.2, 0.25) is 5.88 Å². The van der Waals surface area contributed by atoms with E-state index in [0.29, 0.717) is 23.5 Å². The number of carbonyl (C=O) groups is 2. The maximum absolute atomic E-state index is 13.5. The number of aliphatic hydroxyl groups is 1. The van der Waals surface area contributed by atoms with Crippen molar-refractivity contribution in [3.8, 4) is 17.7 Å². The summed E-state index contributed by atoms with van der Waals surface area (Å²) in [6, 6.07) is 11.9. The van der Waals surface area contributed by atoms with Gasteiger partial charge in [-0.15, -0.1) is 0 Å². The molecule has 1 N–H and O–H groups in total. The molecular weight excluding hydrogens is 470 g/mol. The second-order valence-electron chi connectivity index (χ2n) is 9.07. The number of carbonyl (C=O) groups excluding carboxylic acids is 2. The van der Waals surface area contributed by atoms with Gasteiger partial charge in [0.05, 0.1) is 19.2 Å². The van der Waals surface area contributed by atoms with Crippen molar-refractivity contribution in [2.45, 2.75) is 26.0 Å². The quantitative estimate of drug-likeness (QED) is 0.537. The Kier molecular flexibility index (Phi) is 8.11. The first-order valence-corrected chi connectivity index (χ1v) is 12.1. The second-order valence-corrected chi connectivity index (χ2v) is 9.07. The first kappa shape index (κ1) is 25.8. The number of aliphatic hydroxyl groups excluding tert-OH is 1. The van der Waals surface area contributed by atoms with E-state index in [1.54, 1.807) is 72.7 Å². The normalized spacial score (nSPS) is 17.8. The number of rotatable bonds is 5. The van der Waals surface area contributed by atoms with Gasteiger partial charge in [-0.05, 0) is 43.2 Å². The molecule has 1 aliphatic rings. The SMILES string of the molecule is C[C@@H]1CN([C@H](C)CO)C(=O)c2cc(C#Cc3ccccn3)cnc2O[C@H]1CN(C)C(=O)c1ccccn1. The third kappa shape index (κ3) is 6.11. The van der Waals surface area contributed by atoms with Crippen molar-refractivity contribution in [3.63, 3.8) is 0 Å². The molecule has 0 aromatic carbocycles. The molecule has 2 amide bonds. The summed E-state index contributed by atoms with van der Waals surface area (Å²) in [7, 11) is 1.69. The lowest BCUT2D eigenvalue weighted by molar-refractivity contribution is 0.0312. The van der Waals surface area contributed by atoms with E-state index in [1.807, 2.05) is 19.1 Å². The maximum Gasteiger partial charge on any atom is 0.272 e. The molecule has 0 fully saturated rings. The third-order valence-electron chi connectivity index (χ3n) is 6.21. The number of fused-ring (bicyclic) bond motifs is 1. The van der Waals surface area contributed by atoms with Crippen LogP contribution in [-0.2, 0) is 0 Å². The Morgan fingerprint density at radius 2 is 1.95 bits per heavy atom. The van der Waals surface area contributed by atoms with Gasteiger partial charge in [0.15, 0.2) is 0 Å². The van der Waals surface area contributed by atoms with Crippen molar-refractivity contribution in [1.82, 2.24) is 24.8 Å². The highest BCUT2D eigenvalue weighted by molar-refractivity contribution is 5.97. The molecule has 0 saturated heterocycles. The number of hydrogen-bond acceptors (Lipinski definition) is 7. The van der Waals surface area contributed by atoms with E-state index in [2.05, 4.69) is 26.8 Å². The Morgan fingerprint density at radius 3 is 2.62 bits per heavy atom. The van der Waals surface area contributed by atoms with Crippen LogP contribution in [0.3, 0.4) is 0 Å². The number of aromatic nitrogens is 3. The molecule has 0 aliphatic carbocycles. The van der Waals surface area contributed by atoms with E-state index in [0.717, 1.165) is 0 Å². The van der Waals surface area contributed by atoms with Crippen molar-refractivity contribution < 1.29 is 19.4 Å². The maximum atomic E-state index is 13.5. The van der Waals surface area contributed by atoms with Crippen LogP contribution in [0.5, 0.6) is 5.88 Å². The van der Waals surface area contributed by atoms with Crippen molar-refractivity contribution in [2.75, 3.05) is 26.7 Å². The number of nitrogens with zero attached hydrogens (tertiary/aromatic N) is 5. The fourth-order valence-electron chi connectivity index (χ4n) is 4.00. The average Bonchev–Trinajstić information content (AvgIpc) is 2.94. The predicted molar refractivity (Wildman–Crippen MR) is 137 cm³/mol. The van der Waals surface area contributed by atoms with E-state index >= 15 is 0 Å². The minimum absolute atomic E-state index is 0.157. The smallest absolute Gasteiger partial charge is 0.272 e. The zero-order chi connectivity index (χ0) is 26.4. The highest BCUT2D eigenvalue weighted by Crippen LogP contribution is 2.27. The molecule has 1 aliphatic heterocycles. The fourth-order valence-corrected chi connectivity index (χ4v) is 4.00. The molecule has 0 bridgehead atoms. The van der Waals surface area contributed by atoms with Gasteiger partial charge in [0.25, 0.3) is 11.8 Å². The van der Waals surface area contributed by atoms with Crippen LogP contribution in [-0.4, -0.2) is 80.6 Å². The molecule has 3 atom stereocenters. The molecule has 3 aromatic rings. The largest absolute Gasteiger partial charge is 0.472 e. The van der Waals surface area contributed by atoms with Crippen molar-refractivity contribution in [3.05, 3.63) is 83.6 Å². The standard InChI is InChI=1S/C28H29N5O4/c1-19-16-33(20(2)18-34)27(35)23-14-21(10-11-22-8-4-6-12-29-22)15-31-26(23)37-25(19)17-32(3)28(36)24-9-5-7-13-30-24/h4-9,12-15,19-20,25,34H,16-18H2,1-3H3/t19-,20-,25+/m1/s1. The molecule has 0 unspecified atom stereocenters. The molecule has 9 heteroatoms. The minimum Gasteiger partial charge on any atom is -0.472 e. The molecule has 0 saturated carbocycles. The predicted octanol–water partition coefficient (Wildman–Crippen LogP) is 2.26. The molecule has 190 valence electrons. The first-order valence-electron chi connectivity index (χ1n) is 12.1. The third-order valence-corrected chi connectivity index (χ3v) is 6.21. The van der Waals surface area contributed by atoms with Crippen LogP contribution in [0.15, 0.2) is 61.1 Å². The molecule has 4 heterocycles. The Hall–Kier alpha value is -4.29. The van der Waals surface area contributed by atoms with Gasteiger partial charge in [-0.3, -0.25) is 14.6 Å². The van der Waals surface area contributed by atoms with E-state index in [1.165, 1.54) is 0 Å². The van der Waals surface area contributed by atoms with Crippen LogP contribution >= 0.6 is 0 Å². The number of pyridine rings is 3. The Labute approximate surface area is 216 Å². The number of hydrogen-bond donors (Lipinski definition) is 1. The van der Waals surface area contributed by atoms with Crippen LogP contribution in [0, 0.1) is 17.8 Å². The second kappa shape index (κ2) is 11.6. The van der Waals surface area contributed by atoms with Crippen LogP contribution in [0.2, 0.25) is 0 Å². The fraction of sp³-hybridized carbons (Fsp3) is 0.321. The summed E-state index contributed by atoms with van der Waals surface area (Å²) in [4.78, 5) is 42.4. The van der Waals surface area contributed by atoms with Gasteiger partial charge >= 0.3 is 0 Å². The summed E-state index contributed by atoms with van der Waals surface area (Å²) in [6.45, 7) is 4.14. The van der Waals surface area contributed by atoms with Gasteiger partial charge in [0.1, 0.15) is 23.1 Å². The Balaban J connectivity index is 1.65. The molecular formula is C28H29N5O4. The topological polar surface area (TPSA) is 109 Å². The number of ether oxygens (including phenoxy) is 1. The average molecular weight is 500 g/mol. The van der Waals surface area contributed by atoms with Crippen molar-refractivity contribution in [1.29, 1.82) is 0 Å². The molecule has 0 radical (unpaired) electrons. The zero-order valence-corrected chi connectivity index (χ0v) is 21.0. The summed E-state index contributed by atoms with van der Waals surface area (Å²) in [5, 5.41) is 9.85. The lowest BCUT2D eigenvalue weighted by Crippen LogP contribution is -2.50. The van der Waals surface area contributed by atoms with Gasteiger partial charge in [-0.1, -0.05) is 25.0 Å². The van der Waals surface area contributed by atoms with Crippen molar-refractivity contribution >= 4 is 11.8 Å². The Morgan fingerprint density at radius 1 is 1.19 bits per heavy atom. The molecule has 9 nitrogen and oxygen atoms in total. The van der Waals surface area contributed by atoms with Gasteiger partial charge in [-0.2, -0.15) is 0 Å². The summed E-state index contributed by atoms with van der Waals surface area (Å²) < 4.78 is 6.26. The monoisotopic (exact) mass is 499 g/mol. The van der Waals surface area contributed by atoms with E-state index in [9.17, 15) is 14.7 Å². The first-order chi connectivity index (χ1) is 17.9. The van der Waals surface area contributed by atoms with Gasteiger partial charge < -0.3 is 19.6 Å². The van der Waals surface area contributed by atoms with Crippen LogP contribution in [0.4, 0.5) is 0 Å². The number of likely N-dealkylation sites (N-methyl/N-ethyl adjacent to an activating group) is 1. The van der Waals surface area contributed by atoms with Crippen LogP contribution < -0.4 is 4.74 Å². The molecule has 4 rings (SSSR count). The van der Waals surface area contributed by atoms with E-state index < -0.39 is 12.1 Å². The molecule has 3 aromatic heterocycles. The van der Waals surface area contributed by atoms with E-state index in [-0.39, 0.29) is 42.3 Å². The van der Waals surface area contributed by atoms with Gasteiger partial charge in [0, 0.05) is 43.7 Å². The summed E-state index contributed by atoms with van der Waals surface area (Å²) in [5.41, 5.74) is 1.72. The molecule has 37 heavy (non-hydrogen) atoms. The van der Waals surface area contributed by atoms with Crippen LogP contribution in [0.25, 0.3) is 0 Å². The lowest BCUT2D eigenvalue weighted by Gasteiger charge is -2.37. The lowest BCUT2D eigenvalue weighted by atomic mass is 9.99. The van der Waals surface area contributed by atoms with Gasteiger partial charge in [-0.25, -0.2) is 9.97 Å².